The van der Waals surface area contributed by atoms with Crippen molar-refractivity contribution in [2.45, 2.75) is 39.4 Å². The van der Waals surface area contributed by atoms with Crippen LogP contribution in [0.2, 0.25) is 19.6 Å². The third-order valence-electron chi connectivity index (χ3n) is 7.75. The second-order valence-corrected chi connectivity index (χ2v) is 18.2. The molecule has 45 heavy (non-hydrogen) atoms. The van der Waals surface area contributed by atoms with Crippen molar-refractivity contribution >= 4 is 44.8 Å². The van der Waals surface area contributed by atoms with Gasteiger partial charge in [-0.05, 0) is 49.7 Å². The molecule has 4 aromatic carbocycles. The minimum absolute atomic E-state index is 0. The van der Waals surface area contributed by atoms with Gasteiger partial charge in [-0.3, -0.25) is 0 Å². The van der Waals surface area contributed by atoms with Crippen LogP contribution in [0.1, 0.15) is 26.7 Å². The van der Waals surface area contributed by atoms with Gasteiger partial charge in [0.1, 0.15) is 0 Å². The molecule has 5 heteroatoms. The summed E-state index contributed by atoms with van der Waals surface area (Å²) in [6.45, 7) is 10.8. The molecule has 0 aliphatic rings. The van der Waals surface area contributed by atoms with E-state index in [0.29, 0.717) is 0 Å². The Morgan fingerprint density at radius 1 is 0.733 bits per heavy atom. The van der Waals surface area contributed by atoms with E-state index in [1.54, 1.807) is 17.5 Å². The summed E-state index contributed by atoms with van der Waals surface area (Å²) in [5.74, 6) is -0.660. The van der Waals surface area contributed by atoms with Crippen molar-refractivity contribution in [3.05, 3.63) is 139 Å². The van der Waals surface area contributed by atoms with Gasteiger partial charge in [0.15, 0.2) is 0 Å². The third-order valence-corrected chi connectivity index (χ3v) is 11.1. The Labute approximate surface area is 287 Å². The van der Waals surface area contributed by atoms with Gasteiger partial charge < -0.3 is 9.97 Å². The monoisotopic (exact) mass is 798 g/mol. The number of aromatic nitrogens is 2. The first kappa shape index (κ1) is 31.3. The molecular formula is C40H36IrN2SSi-2. The van der Waals surface area contributed by atoms with Crippen molar-refractivity contribution in [3.8, 4) is 33.6 Å². The topological polar surface area (TPSA) is 25.8 Å². The SMILES string of the molecule is C[Si](C)(C)c1ccc(-c2[c-]cccc2)nc1.[2H]C(C)(C)c1ccnc(-c2[c-]ccc3c2sc2c(-c4ccccc4)cccc23)c1.[Ir]. The van der Waals surface area contributed by atoms with Gasteiger partial charge >= 0.3 is 0 Å². The maximum absolute atomic E-state index is 8.37. The van der Waals surface area contributed by atoms with E-state index in [1.807, 2.05) is 68.6 Å². The van der Waals surface area contributed by atoms with Crippen molar-refractivity contribution in [1.29, 1.82) is 0 Å². The minimum atomic E-state index is -1.23. The Balaban J connectivity index is 0.000000209. The molecule has 0 atom stereocenters. The Morgan fingerprint density at radius 2 is 1.51 bits per heavy atom. The van der Waals surface area contributed by atoms with E-state index in [-0.39, 0.29) is 20.1 Å². The van der Waals surface area contributed by atoms with E-state index < -0.39 is 14.0 Å². The molecule has 0 bridgehead atoms. The van der Waals surface area contributed by atoms with Crippen LogP contribution >= 0.6 is 11.3 Å². The largest absolute Gasteiger partial charge is 0.305 e. The molecule has 227 valence electrons. The van der Waals surface area contributed by atoms with Gasteiger partial charge in [-0.25, -0.2) is 0 Å². The number of nitrogens with zero attached hydrogens (tertiary/aromatic N) is 2. The molecule has 1 radical (unpaired) electrons. The van der Waals surface area contributed by atoms with E-state index >= 15 is 0 Å². The predicted octanol–water partition coefficient (Wildman–Crippen LogP) is 10.8. The fraction of sp³-hybridized carbons (Fsp3) is 0.150. The number of benzene rings is 4. The van der Waals surface area contributed by atoms with Crippen LogP contribution in [0.4, 0.5) is 0 Å². The fourth-order valence-corrected chi connectivity index (χ4v) is 7.60. The van der Waals surface area contributed by atoms with Crippen LogP contribution in [0.25, 0.3) is 53.8 Å². The van der Waals surface area contributed by atoms with Crippen molar-refractivity contribution in [3.63, 3.8) is 0 Å². The number of rotatable bonds is 5. The summed E-state index contributed by atoms with van der Waals surface area (Å²) < 4.78 is 10.8. The van der Waals surface area contributed by atoms with Gasteiger partial charge in [-0.2, -0.15) is 11.3 Å². The van der Waals surface area contributed by atoms with Gasteiger partial charge in [0.05, 0.1) is 8.07 Å². The normalized spacial score (nSPS) is 11.8. The van der Waals surface area contributed by atoms with Gasteiger partial charge in [-0.1, -0.05) is 111 Å². The minimum Gasteiger partial charge on any atom is -0.305 e. The maximum atomic E-state index is 8.37. The van der Waals surface area contributed by atoms with Crippen molar-refractivity contribution in [1.82, 2.24) is 9.97 Å². The average Bonchev–Trinajstić information content (AvgIpc) is 3.44. The van der Waals surface area contributed by atoms with Crippen LogP contribution in [0.5, 0.6) is 0 Å². The van der Waals surface area contributed by atoms with Gasteiger partial charge in [0.25, 0.3) is 0 Å². The zero-order chi connectivity index (χ0) is 31.6. The summed E-state index contributed by atoms with van der Waals surface area (Å²) in [4.78, 5) is 9.13. The smallest absolute Gasteiger partial charge is 0.0795 e. The molecule has 7 aromatic rings. The molecule has 0 N–H and O–H groups in total. The third kappa shape index (κ3) is 7.24. The average molecular weight is 798 g/mol. The zero-order valence-corrected chi connectivity index (χ0v) is 30.4. The molecular weight excluding hydrogens is 761 g/mol. The van der Waals surface area contributed by atoms with Crippen LogP contribution in [-0.4, -0.2) is 18.0 Å². The molecule has 3 aromatic heterocycles. The van der Waals surface area contributed by atoms with Crippen molar-refractivity contribution in [2.75, 3.05) is 0 Å². The predicted molar refractivity (Wildman–Crippen MR) is 192 cm³/mol. The summed E-state index contributed by atoms with van der Waals surface area (Å²) in [7, 11) is -1.23. The molecule has 7 rings (SSSR count). The van der Waals surface area contributed by atoms with E-state index in [1.165, 1.54) is 36.5 Å². The van der Waals surface area contributed by atoms with E-state index in [9.17, 15) is 0 Å². The molecule has 0 aliphatic heterocycles. The van der Waals surface area contributed by atoms with E-state index in [2.05, 4.69) is 102 Å². The summed E-state index contributed by atoms with van der Waals surface area (Å²) in [6, 6.07) is 44.0. The number of fused-ring (bicyclic) bond motifs is 3. The quantitative estimate of drug-likeness (QED) is 0.128. The van der Waals surface area contributed by atoms with Gasteiger partial charge in [0, 0.05) is 38.6 Å². The second-order valence-electron chi connectivity index (χ2n) is 12.1. The van der Waals surface area contributed by atoms with Crippen LogP contribution in [0, 0.1) is 12.1 Å². The number of pyridine rings is 2. The molecule has 0 aliphatic carbocycles. The molecule has 0 saturated carbocycles. The summed E-state index contributed by atoms with van der Waals surface area (Å²) in [5, 5.41) is 3.89. The summed E-state index contributed by atoms with van der Waals surface area (Å²) >= 11 is 1.80. The summed E-state index contributed by atoms with van der Waals surface area (Å²) in [5.41, 5.74) is 7.39. The second kappa shape index (κ2) is 14.1. The fourth-order valence-electron chi connectivity index (χ4n) is 5.23. The first-order chi connectivity index (χ1) is 21.6. The molecule has 0 unspecified atom stereocenters. The molecule has 0 amide bonds. The first-order valence-corrected chi connectivity index (χ1v) is 19.2. The van der Waals surface area contributed by atoms with E-state index in [0.717, 1.165) is 28.1 Å². The Kier molecular flexibility index (Phi) is 9.82. The van der Waals surface area contributed by atoms with E-state index in [4.69, 9.17) is 1.37 Å². The van der Waals surface area contributed by atoms with Crippen LogP contribution in [0.3, 0.4) is 0 Å². The van der Waals surface area contributed by atoms with Crippen molar-refractivity contribution < 1.29 is 21.5 Å². The summed E-state index contributed by atoms with van der Waals surface area (Å²) in [6.07, 6.45) is 3.82. The van der Waals surface area contributed by atoms with Crippen molar-refractivity contribution in [2.24, 2.45) is 0 Å². The Morgan fingerprint density at radius 3 is 2.20 bits per heavy atom. The standard InChI is InChI=1S/C26H20NS.C14H16NSi.Ir/c1-17(2)19-14-15-27-24(16-19)23-13-7-12-22-21-11-6-10-20(25(21)28-26(22)23)18-8-4-3-5-9-18;1-16(2,3)13-9-10-14(15-11-13)12-7-5-4-6-8-12;/h3-12,14-17H,1-2H3;4-7,9-11H,1-3H3;/q2*-1;/i17D;;. The van der Waals surface area contributed by atoms with Crippen LogP contribution < -0.4 is 5.19 Å². The molecule has 0 fully saturated rings. The number of hydrogen-bond acceptors (Lipinski definition) is 3. The van der Waals surface area contributed by atoms with Crippen LogP contribution in [0.15, 0.2) is 122 Å². The Hall–Kier alpha value is -3.73. The van der Waals surface area contributed by atoms with Crippen LogP contribution in [-0.2, 0) is 20.1 Å². The van der Waals surface area contributed by atoms with Gasteiger partial charge in [-0.15, -0.1) is 59.7 Å². The first-order valence-electron chi connectivity index (χ1n) is 15.4. The van der Waals surface area contributed by atoms with Gasteiger partial charge in [0.2, 0.25) is 0 Å². The number of hydrogen-bond donors (Lipinski definition) is 0. The molecule has 0 spiro atoms. The number of thiophene rings is 1. The molecule has 2 nitrogen and oxygen atoms in total. The maximum Gasteiger partial charge on any atom is 0.0795 e. The zero-order valence-electron chi connectivity index (χ0n) is 27.2. The molecule has 0 saturated heterocycles. The Bertz CT molecular complexity index is 2060. The molecule has 3 heterocycles.